The minimum atomic E-state index is -0.211. The summed E-state index contributed by atoms with van der Waals surface area (Å²) in [7, 11) is 1.85. The van der Waals surface area contributed by atoms with Gasteiger partial charge < -0.3 is 5.32 Å². The molecule has 0 radical (unpaired) electrons. The highest BCUT2D eigenvalue weighted by atomic mass is 79.9. The van der Waals surface area contributed by atoms with E-state index in [0.717, 1.165) is 15.4 Å². The maximum Gasteiger partial charge on any atom is 0.129 e. The molecule has 0 bridgehead atoms. The molecule has 1 atom stereocenters. The molecule has 21 heavy (non-hydrogen) atoms. The summed E-state index contributed by atoms with van der Waals surface area (Å²) in [5.74, 6) is -0.211. The van der Waals surface area contributed by atoms with Crippen molar-refractivity contribution in [3.63, 3.8) is 0 Å². The molecule has 106 valence electrons. The fourth-order valence-electron chi connectivity index (χ4n) is 2.62. The van der Waals surface area contributed by atoms with Crippen molar-refractivity contribution in [3.8, 4) is 0 Å². The highest BCUT2D eigenvalue weighted by molar-refractivity contribution is 9.10. The van der Waals surface area contributed by atoms with Gasteiger partial charge in [-0.2, -0.15) is 0 Å². The Kier molecular flexibility index (Phi) is 4.04. The predicted molar refractivity (Wildman–Crippen MR) is 89.0 cm³/mol. The summed E-state index contributed by atoms with van der Waals surface area (Å²) in [5.41, 5.74) is 1.70. The number of halogens is 2. The van der Waals surface area contributed by atoms with E-state index in [1.165, 1.54) is 11.5 Å². The van der Waals surface area contributed by atoms with Crippen molar-refractivity contribution in [2.24, 2.45) is 0 Å². The van der Waals surface area contributed by atoms with Gasteiger partial charge in [-0.1, -0.05) is 58.4 Å². The third kappa shape index (κ3) is 2.85. The first-order valence-corrected chi connectivity index (χ1v) is 7.59. The fraction of sp³-hybridized carbons (Fsp3) is 0.111. The van der Waals surface area contributed by atoms with Crippen molar-refractivity contribution in [1.29, 1.82) is 0 Å². The molecule has 0 aliphatic heterocycles. The van der Waals surface area contributed by atoms with Crippen molar-refractivity contribution in [3.05, 3.63) is 82.1 Å². The smallest absolute Gasteiger partial charge is 0.129 e. The van der Waals surface area contributed by atoms with Gasteiger partial charge in [-0.25, -0.2) is 4.39 Å². The second-order valence-corrected chi connectivity index (χ2v) is 5.91. The minimum absolute atomic E-state index is 0.164. The highest BCUT2D eigenvalue weighted by Gasteiger charge is 2.16. The topological polar surface area (TPSA) is 12.0 Å². The number of fused-ring (bicyclic) bond motifs is 1. The summed E-state index contributed by atoms with van der Waals surface area (Å²) in [4.78, 5) is 0. The highest BCUT2D eigenvalue weighted by Crippen LogP contribution is 2.28. The monoisotopic (exact) mass is 343 g/mol. The second-order valence-electron chi connectivity index (χ2n) is 4.99. The van der Waals surface area contributed by atoms with Crippen molar-refractivity contribution < 1.29 is 4.39 Å². The third-order valence-electron chi connectivity index (χ3n) is 3.67. The van der Waals surface area contributed by atoms with Crippen LogP contribution in [0.15, 0.2) is 65.1 Å². The van der Waals surface area contributed by atoms with E-state index in [0.29, 0.717) is 5.56 Å². The van der Waals surface area contributed by atoms with E-state index >= 15 is 0 Å². The van der Waals surface area contributed by atoms with Crippen molar-refractivity contribution in [2.45, 2.75) is 6.04 Å². The summed E-state index contributed by atoms with van der Waals surface area (Å²) in [5, 5.41) is 5.55. The second kappa shape index (κ2) is 5.96. The predicted octanol–water partition coefficient (Wildman–Crippen LogP) is 5.05. The molecule has 0 aliphatic carbocycles. The van der Waals surface area contributed by atoms with Gasteiger partial charge in [0, 0.05) is 10.0 Å². The molecule has 0 saturated heterocycles. The van der Waals surface area contributed by atoms with Crippen LogP contribution in [0.5, 0.6) is 0 Å². The lowest BCUT2D eigenvalue weighted by Gasteiger charge is -2.18. The number of hydrogen-bond donors (Lipinski definition) is 1. The molecule has 0 fully saturated rings. The Hall–Kier alpha value is -1.71. The third-order valence-corrected chi connectivity index (χ3v) is 4.16. The Morgan fingerprint density at radius 2 is 1.71 bits per heavy atom. The van der Waals surface area contributed by atoms with Crippen LogP contribution in [0.2, 0.25) is 0 Å². The van der Waals surface area contributed by atoms with Crippen LogP contribution in [0.3, 0.4) is 0 Å². The Morgan fingerprint density at radius 3 is 2.43 bits per heavy atom. The van der Waals surface area contributed by atoms with E-state index in [-0.39, 0.29) is 11.9 Å². The molecule has 0 aromatic heterocycles. The maximum atomic E-state index is 14.2. The molecule has 0 aliphatic rings. The van der Waals surface area contributed by atoms with E-state index < -0.39 is 0 Å². The normalized spacial score (nSPS) is 12.5. The van der Waals surface area contributed by atoms with Crippen LogP contribution < -0.4 is 5.32 Å². The Morgan fingerprint density at radius 1 is 0.952 bits per heavy atom. The molecule has 3 aromatic rings. The molecule has 3 aromatic carbocycles. The van der Waals surface area contributed by atoms with Gasteiger partial charge in [-0.15, -0.1) is 0 Å². The largest absolute Gasteiger partial charge is 0.309 e. The Labute approximate surface area is 131 Å². The van der Waals surface area contributed by atoms with E-state index in [1.54, 1.807) is 0 Å². The van der Waals surface area contributed by atoms with E-state index in [1.807, 2.05) is 37.4 Å². The van der Waals surface area contributed by atoms with Crippen LogP contribution >= 0.6 is 15.9 Å². The SMILES string of the molecule is CNC(c1ccc2ccccc2c1)c1ccc(Br)cc1F. The summed E-state index contributed by atoms with van der Waals surface area (Å²) < 4.78 is 15.0. The lowest BCUT2D eigenvalue weighted by molar-refractivity contribution is 0.575. The zero-order valence-corrected chi connectivity index (χ0v) is 13.2. The molecule has 1 unspecified atom stereocenters. The van der Waals surface area contributed by atoms with Crippen LogP contribution in [-0.2, 0) is 0 Å². The average Bonchev–Trinajstić information content (AvgIpc) is 2.50. The lowest BCUT2D eigenvalue weighted by Crippen LogP contribution is -2.18. The summed E-state index contributed by atoms with van der Waals surface area (Å²) >= 11 is 3.30. The van der Waals surface area contributed by atoms with Gasteiger partial charge in [0.1, 0.15) is 5.82 Å². The van der Waals surface area contributed by atoms with Gasteiger partial charge in [0.25, 0.3) is 0 Å². The van der Waals surface area contributed by atoms with E-state index in [9.17, 15) is 4.39 Å². The molecule has 0 heterocycles. The lowest BCUT2D eigenvalue weighted by atomic mass is 9.96. The standard InChI is InChI=1S/C18H15BrFN/c1-21-18(16-9-8-15(19)11-17(16)20)14-7-6-12-4-2-3-5-13(12)10-14/h2-11,18,21H,1H3. The first-order chi connectivity index (χ1) is 10.2. The average molecular weight is 344 g/mol. The molecule has 0 saturated carbocycles. The van der Waals surface area contributed by atoms with Crippen molar-refractivity contribution in [2.75, 3.05) is 7.05 Å². The number of rotatable bonds is 3. The van der Waals surface area contributed by atoms with Gasteiger partial charge in [0.15, 0.2) is 0 Å². The van der Waals surface area contributed by atoms with Gasteiger partial charge in [-0.05, 0) is 41.6 Å². The first kappa shape index (κ1) is 14.2. The van der Waals surface area contributed by atoms with Crippen molar-refractivity contribution >= 4 is 26.7 Å². The summed E-state index contributed by atoms with van der Waals surface area (Å²) in [6, 6.07) is 19.4. The zero-order valence-electron chi connectivity index (χ0n) is 11.6. The molecule has 0 spiro atoms. The Bertz CT molecular complexity index is 785. The van der Waals surface area contributed by atoms with E-state index in [4.69, 9.17) is 0 Å². The number of hydrogen-bond acceptors (Lipinski definition) is 1. The van der Waals surface area contributed by atoms with Gasteiger partial charge >= 0.3 is 0 Å². The molecule has 0 amide bonds. The molecule has 3 heteroatoms. The maximum absolute atomic E-state index is 14.2. The molecular formula is C18H15BrFN. The quantitative estimate of drug-likeness (QED) is 0.701. The molecule has 1 N–H and O–H groups in total. The number of benzene rings is 3. The van der Waals surface area contributed by atoms with Crippen molar-refractivity contribution in [1.82, 2.24) is 5.32 Å². The van der Waals surface area contributed by atoms with Crippen LogP contribution in [0.4, 0.5) is 4.39 Å². The summed E-state index contributed by atoms with van der Waals surface area (Å²) in [6.45, 7) is 0. The molecule has 1 nitrogen and oxygen atoms in total. The van der Waals surface area contributed by atoms with Gasteiger partial charge in [0.2, 0.25) is 0 Å². The van der Waals surface area contributed by atoms with Crippen LogP contribution in [0.25, 0.3) is 10.8 Å². The van der Waals surface area contributed by atoms with Crippen LogP contribution in [0, 0.1) is 5.82 Å². The summed E-state index contributed by atoms with van der Waals surface area (Å²) in [6.07, 6.45) is 0. The molecular weight excluding hydrogens is 329 g/mol. The number of nitrogens with one attached hydrogen (secondary N) is 1. The van der Waals surface area contributed by atoms with Crippen LogP contribution in [-0.4, -0.2) is 7.05 Å². The van der Waals surface area contributed by atoms with Crippen LogP contribution in [0.1, 0.15) is 17.2 Å². The first-order valence-electron chi connectivity index (χ1n) is 6.80. The fourth-order valence-corrected chi connectivity index (χ4v) is 2.96. The van der Waals surface area contributed by atoms with E-state index in [2.05, 4.69) is 45.5 Å². The van der Waals surface area contributed by atoms with Gasteiger partial charge in [0.05, 0.1) is 6.04 Å². The minimum Gasteiger partial charge on any atom is -0.309 e. The molecule has 3 rings (SSSR count). The zero-order chi connectivity index (χ0) is 14.8. The Balaban J connectivity index is 2.09. The van der Waals surface area contributed by atoms with Gasteiger partial charge in [-0.3, -0.25) is 0 Å².